The number of rotatable bonds is 2. The van der Waals surface area contributed by atoms with Gasteiger partial charge in [-0.3, -0.25) is 4.90 Å². The average molecular weight is 254 g/mol. The SMILES string of the molecule is Cc1nc(N)nc2c1CN(Cc1ccccc1)CC2. The molecule has 1 aliphatic heterocycles. The van der Waals surface area contributed by atoms with Gasteiger partial charge in [0.15, 0.2) is 0 Å². The Kier molecular flexibility index (Phi) is 3.17. The maximum atomic E-state index is 5.71. The molecule has 0 saturated carbocycles. The number of aromatic nitrogens is 2. The van der Waals surface area contributed by atoms with E-state index in [0.717, 1.165) is 37.4 Å². The number of anilines is 1. The van der Waals surface area contributed by atoms with E-state index in [-0.39, 0.29) is 0 Å². The molecule has 0 spiro atoms. The van der Waals surface area contributed by atoms with Crippen molar-refractivity contribution in [1.29, 1.82) is 0 Å². The van der Waals surface area contributed by atoms with E-state index in [4.69, 9.17) is 5.73 Å². The Bertz CT molecular complexity index is 580. The molecular formula is C15H18N4. The van der Waals surface area contributed by atoms with E-state index in [1.807, 2.05) is 6.92 Å². The van der Waals surface area contributed by atoms with Gasteiger partial charge in [-0.1, -0.05) is 30.3 Å². The summed E-state index contributed by atoms with van der Waals surface area (Å²) in [6.45, 7) is 4.93. The second kappa shape index (κ2) is 4.97. The third-order valence-corrected chi connectivity index (χ3v) is 3.61. The number of fused-ring (bicyclic) bond motifs is 1. The van der Waals surface area contributed by atoms with E-state index in [0.29, 0.717) is 5.95 Å². The Balaban J connectivity index is 1.79. The molecule has 4 nitrogen and oxygen atoms in total. The Labute approximate surface area is 113 Å². The first-order valence-electron chi connectivity index (χ1n) is 6.60. The summed E-state index contributed by atoms with van der Waals surface area (Å²) in [5.74, 6) is 0.396. The number of benzene rings is 1. The first-order chi connectivity index (χ1) is 9.22. The van der Waals surface area contributed by atoms with Gasteiger partial charge in [-0.25, -0.2) is 9.97 Å². The van der Waals surface area contributed by atoms with Crippen LogP contribution in [0.1, 0.15) is 22.5 Å². The minimum atomic E-state index is 0.396. The molecule has 4 heteroatoms. The fraction of sp³-hybridized carbons (Fsp3) is 0.333. The van der Waals surface area contributed by atoms with Crippen LogP contribution in [0.2, 0.25) is 0 Å². The molecule has 0 saturated heterocycles. The summed E-state index contributed by atoms with van der Waals surface area (Å²) >= 11 is 0. The molecule has 2 aromatic rings. The zero-order chi connectivity index (χ0) is 13.2. The highest BCUT2D eigenvalue weighted by atomic mass is 15.1. The van der Waals surface area contributed by atoms with Crippen LogP contribution in [0.5, 0.6) is 0 Å². The summed E-state index contributed by atoms with van der Waals surface area (Å²) in [4.78, 5) is 11.1. The van der Waals surface area contributed by atoms with Crippen molar-refractivity contribution in [3.05, 3.63) is 52.8 Å². The summed E-state index contributed by atoms with van der Waals surface area (Å²) in [5, 5.41) is 0. The Hall–Kier alpha value is -1.94. The van der Waals surface area contributed by atoms with Crippen molar-refractivity contribution in [2.75, 3.05) is 12.3 Å². The Morgan fingerprint density at radius 2 is 2.00 bits per heavy atom. The van der Waals surface area contributed by atoms with Crippen molar-refractivity contribution in [1.82, 2.24) is 14.9 Å². The Morgan fingerprint density at radius 1 is 1.21 bits per heavy atom. The van der Waals surface area contributed by atoms with E-state index >= 15 is 0 Å². The standard InChI is InChI=1S/C15H18N4/c1-11-13-10-19(9-12-5-3-2-4-6-12)8-7-14(13)18-15(16)17-11/h2-6H,7-10H2,1H3,(H2,16,17,18). The van der Waals surface area contributed by atoms with Gasteiger partial charge in [0, 0.05) is 37.3 Å². The van der Waals surface area contributed by atoms with E-state index in [2.05, 4.69) is 45.2 Å². The molecule has 0 fully saturated rings. The summed E-state index contributed by atoms with van der Waals surface area (Å²) < 4.78 is 0. The highest BCUT2D eigenvalue weighted by Gasteiger charge is 2.20. The van der Waals surface area contributed by atoms with Crippen LogP contribution >= 0.6 is 0 Å². The highest BCUT2D eigenvalue weighted by molar-refractivity contribution is 5.33. The molecule has 19 heavy (non-hydrogen) atoms. The Morgan fingerprint density at radius 3 is 2.79 bits per heavy atom. The lowest BCUT2D eigenvalue weighted by molar-refractivity contribution is 0.242. The third kappa shape index (κ3) is 2.58. The largest absolute Gasteiger partial charge is 0.368 e. The van der Waals surface area contributed by atoms with Crippen molar-refractivity contribution >= 4 is 5.95 Å². The van der Waals surface area contributed by atoms with Gasteiger partial charge in [0.1, 0.15) is 0 Å². The number of hydrogen-bond acceptors (Lipinski definition) is 4. The van der Waals surface area contributed by atoms with Gasteiger partial charge in [0.25, 0.3) is 0 Å². The van der Waals surface area contributed by atoms with Crippen LogP contribution in [0, 0.1) is 6.92 Å². The number of nitrogen functional groups attached to an aromatic ring is 1. The molecule has 2 N–H and O–H groups in total. The van der Waals surface area contributed by atoms with Gasteiger partial charge < -0.3 is 5.73 Å². The molecular weight excluding hydrogens is 236 g/mol. The van der Waals surface area contributed by atoms with Gasteiger partial charge in [-0.15, -0.1) is 0 Å². The third-order valence-electron chi connectivity index (χ3n) is 3.61. The van der Waals surface area contributed by atoms with Crippen LogP contribution in [0.15, 0.2) is 30.3 Å². The van der Waals surface area contributed by atoms with Crippen LogP contribution in [0.3, 0.4) is 0 Å². The van der Waals surface area contributed by atoms with Crippen LogP contribution in [0.4, 0.5) is 5.95 Å². The van der Waals surface area contributed by atoms with Crippen molar-refractivity contribution in [3.63, 3.8) is 0 Å². The lowest BCUT2D eigenvalue weighted by Gasteiger charge is -2.29. The molecule has 3 rings (SSSR count). The predicted molar refractivity (Wildman–Crippen MR) is 75.4 cm³/mol. The normalized spacial score (nSPS) is 15.2. The fourth-order valence-electron chi connectivity index (χ4n) is 2.63. The van der Waals surface area contributed by atoms with Gasteiger partial charge in [0.05, 0.1) is 5.69 Å². The van der Waals surface area contributed by atoms with Crippen molar-refractivity contribution < 1.29 is 0 Å². The van der Waals surface area contributed by atoms with E-state index < -0.39 is 0 Å². The first-order valence-corrected chi connectivity index (χ1v) is 6.60. The maximum Gasteiger partial charge on any atom is 0.220 e. The van der Waals surface area contributed by atoms with E-state index in [1.165, 1.54) is 11.1 Å². The summed E-state index contributed by atoms with van der Waals surface area (Å²) in [6.07, 6.45) is 0.954. The minimum absolute atomic E-state index is 0.396. The number of nitrogens with two attached hydrogens (primary N) is 1. The van der Waals surface area contributed by atoms with Gasteiger partial charge in [-0.05, 0) is 12.5 Å². The average Bonchev–Trinajstić information content (AvgIpc) is 2.40. The molecule has 0 aliphatic carbocycles. The van der Waals surface area contributed by atoms with Gasteiger partial charge >= 0.3 is 0 Å². The van der Waals surface area contributed by atoms with E-state index in [9.17, 15) is 0 Å². The molecule has 2 heterocycles. The number of aryl methyl sites for hydroxylation is 1. The van der Waals surface area contributed by atoms with Crippen molar-refractivity contribution in [2.24, 2.45) is 0 Å². The maximum absolute atomic E-state index is 5.71. The van der Waals surface area contributed by atoms with Crippen LogP contribution in [0.25, 0.3) is 0 Å². The summed E-state index contributed by atoms with van der Waals surface area (Å²) in [6, 6.07) is 10.6. The predicted octanol–water partition coefficient (Wildman–Crippen LogP) is 1.93. The zero-order valence-corrected chi connectivity index (χ0v) is 11.1. The molecule has 0 atom stereocenters. The molecule has 0 amide bonds. The van der Waals surface area contributed by atoms with Crippen LogP contribution < -0.4 is 5.73 Å². The molecule has 1 aliphatic rings. The highest BCUT2D eigenvalue weighted by Crippen LogP contribution is 2.21. The smallest absolute Gasteiger partial charge is 0.220 e. The molecule has 0 unspecified atom stereocenters. The number of hydrogen-bond donors (Lipinski definition) is 1. The summed E-state index contributed by atoms with van der Waals surface area (Å²) in [7, 11) is 0. The lowest BCUT2D eigenvalue weighted by atomic mass is 10.0. The monoisotopic (exact) mass is 254 g/mol. The van der Waals surface area contributed by atoms with E-state index in [1.54, 1.807) is 0 Å². The number of nitrogens with zero attached hydrogens (tertiary/aromatic N) is 3. The zero-order valence-electron chi connectivity index (χ0n) is 11.1. The molecule has 98 valence electrons. The quantitative estimate of drug-likeness (QED) is 0.889. The molecule has 0 radical (unpaired) electrons. The topological polar surface area (TPSA) is 55.0 Å². The first kappa shape index (κ1) is 12.1. The molecule has 0 bridgehead atoms. The van der Waals surface area contributed by atoms with Crippen LogP contribution in [-0.4, -0.2) is 21.4 Å². The summed E-state index contributed by atoms with van der Waals surface area (Å²) in [5.41, 5.74) is 10.4. The second-order valence-electron chi connectivity index (χ2n) is 5.04. The van der Waals surface area contributed by atoms with Gasteiger partial charge in [-0.2, -0.15) is 0 Å². The lowest BCUT2D eigenvalue weighted by Crippen LogP contribution is -2.31. The van der Waals surface area contributed by atoms with Crippen molar-refractivity contribution in [3.8, 4) is 0 Å². The molecule has 1 aromatic carbocycles. The van der Waals surface area contributed by atoms with Crippen LogP contribution in [-0.2, 0) is 19.5 Å². The van der Waals surface area contributed by atoms with Gasteiger partial charge in [0.2, 0.25) is 5.95 Å². The van der Waals surface area contributed by atoms with Crippen molar-refractivity contribution in [2.45, 2.75) is 26.4 Å². The fourth-order valence-corrected chi connectivity index (χ4v) is 2.63. The second-order valence-corrected chi connectivity index (χ2v) is 5.04. The molecule has 1 aromatic heterocycles. The minimum Gasteiger partial charge on any atom is -0.368 e.